The van der Waals surface area contributed by atoms with E-state index in [-0.39, 0.29) is 0 Å². The Morgan fingerprint density at radius 1 is 1.19 bits per heavy atom. The fraction of sp³-hybridized carbons (Fsp3) is 0. The zero-order valence-electron chi connectivity index (χ0n) is 7.65. The van der Waals surface area contributed by atoms with E-state index in [0.29, 0.717) is 0 Å². The number of H-pyrrole nitrogens is 2. The quantitative estimate of drug-likeness (QED) is 0.507. The molecule has 0 amide bonds. The van der Waals surface area contributed by atoms with E-state index in [2.05, 4.69) is 25.7 Å². The molecule has 84 valence electrons. The number of carboxylic acid groups (broad SMARTS) is 2. The number of carboxylic acids is 2. The van der Waals surface area contributed by atoms with Crippen LogP contribution < -0.4 is 0 Å². The van der Waals surface area contributed by atoms with Crippen molar-refractivity contribution in [3.63, 3.8) is 0 Å². The Hall–Kier alpha value is -2.78. The average Bonchev–Trinajstić information content (AvgIpc) is 2.92. The molecule has 10 nitrogen and oxygen atoms in total. The Morgan fingerprint density at radius 3 is 2.25 bits per heavy atom. The van der Waals surface area contributed by atoms with Crippen LogP contribution in [-0.2, 0) is 0 Å². The summed E-state index contributed by atoms with van der Waals surface area (Å²) in [7, 11) is 0. The van der Waals surface area contributed by atoms with Gasteiger partial charge in [0.2, 0.25) is 5.69 Å². The molecule has 2 heterocycles. The van der Waals surface area contributed by atoms with Crippen LogP contribution in [0, 0.1) is 0 Å². The highest BCUT2D eigenvalue weighted by Crippen LogP contribution is 1.99. The SMILES string of the molecule is O=C(O)c1nn[nH]c1C(=O)O.c1c[nH]nn1. The second-order valence-corrected chi connectivity index (χ2v) is 2.31. The molecule has 0 fully saturated rings. The van der Waals surface area contributed by atoms with E-state index in [1.165, 1.54) is 0 Å². The molecule has 4 N–H and O–H groups in total. The lowest BCUT2D eigenvalue weighted by Crippen LogP contribution is -2.07. The molecule has 2 rings (SSSR count). The zero-order chi connectivity index (χ0) is 12.0. The molecule has 0 bridgehead atoms. The first-order valence-corrected chi connectivity index (χ1v) is 3.81. The molecule has 10 heteroatoms. The number of nitrogens with zero attached hydrogens (tertiary/aromatic N) is 4. The van der Waals surface area contributed by atoms with Crippen LogP contribution in [-0.4, -0.2) is 53.0 Å². The number of aromatic nitrogens is 6. The molecule has 0 atom stereocenters. The third-order valence-electron chi connectivity index (χ3n) is 1.30. The summed E-state index contributed by atoms with van der Waals surface area (Å²) in [6.45, 7) is 0. The molecule has 0 aromatic carbocycles. The number of rotatable bonds is 2. The van der Waals surface area contributed by atoms with Gasteiger partial charge in [-0.2, -0.15) is 0 Å². The zero-order valence-corrected chi connectivity index (χ0v) is 7.65. The minimum absolute atomic E-state index is 0.516. The molecule has 0 aliphatic heterocycles. The van der Waals surface area contributed by atoms with Gasteiger partial charge in [-0.15, -0.1) is 10.2 Å². The summed E-state index contributed by atoms with van der Waals surface area (Å²) in [5, 5.41) is 33.9. The van der Waals surface area contributed by atoms with Gasteiger partial charge in [-0.3, -0.25) is 10.2 Å². The topological polar surface area (TPSA) is 158 Å². The number of hydrogen-bond acceptors (Lipinski definition) is 6. The highest BCUT2D eigenvalue weighted by molar-refractivity contribution is 5.98. The molecule has 2 aromatic heterocycles. The summed E-state index contributed by atoms with van der Waals surface area (Å²) in [5.74, 6) is -2.82. The molecule has 0 unspecified atom stereocenters. The van der Waals surface area contributed by atoms with E-state index in [4.69, 9.17) is 10.2 Å². The second kappa shape index (κ2) is 5.19. The fourth-order valence-corrected chi connectivity index (χ4v) is 0.693. The van der Waals surface area contributed by atoms with Gasteiger partial charge in [0.05, 0.1) is 6.20 Å². The molecule has 0 saturated heterocycles. The van der Waals surface area contributed by atoms with Gasteiger partial charge in [-0.1, -0.05) is 10.4 Å². The van der Waals surface area contributed by atoms with Gasteiger partial charge in [0.25, 0.3) is 0 Å². The molecule has 2 aromatic rings. The van der Waals surface area contributed by atoms with E-state index in [1.54, 1.807) is 12.4 Å². The van der Waals surface area contributed by atoms with Crippen molar-refractivity contribution in [2.24, 2.45) is 0 Å². The summed E-state index contributed by atoms with van der Waals surface area (Å²) < 4.78 is 0. The lowest BCUT2D eigenvalue weighted by Gasteiger charge is -1.86. The maximum Gasteiger partial charge on any atom is 0.359 e. The van der Waals surface area contributed by atoms with E-state index >= 15 is 0 Å². The lowest BCUT2D eigenvalue weighted by atomic mass is 10.3. The Labute approximate surface area is 87.3 Å². The minimum Gasteiger partial charge on any atom is -0.476 e. The van der Waals surface area contributed by atoms with E-state index in [9.17, 15) is 9.59 Å². The lowest BCUT2D eigenvalue weighted by molar-refractivity contribution is 0.0644. The predicted molar refractivity (Wildman–Crippen MR) is 46.7 cm³/mol. The number of nitrogens with one attached hydrogen (secondary N) is 2. The van der Waals surface area contributed by atoms with Gasteiger partial charge in [-0.25, -0.2) is 9.59 Å². The normalized spacial score (nSPS) is 9.00. The second-order valence-electron chi connectivity index (χ2n) is 2.31. The van der Waals surface area contributed by atoms with Crippen molar-refractivity contribution < 1.29 is 19.8 Å². The molecule has 0 aliphatic carbocycles. The Morgan fingerprint density at radius 2 is 1.94 bits per heavy atom. The first kappa shape index (κ1) is 11.3. The van der Waals surface area contributed by atoms with Crippen molar-refractivity contribution in [1.82, 2.24) is 30.8 Å². The van der Waals surface area contributed by atoms with Crippen LogP contribution in [0.2, 0.25) is 0 Å². The maximum absolute atomic E-state index is 10.2. The average molecular weight is 226 g/mol. The monoisotopic (exact) mass is 226 g/mol. The minimum atomic E-state index is -1.42. The predicted octanol–water partition coefficient (Wildman–Crippen LogP) is -0.994. The van der Waals surface area contributed by atoms with Crippen molar-refractivity contribution in [2.75, 3.05) is 0 Å². The van der Waals surface area contributed by atoms with Crippen LogP contribution in [0.1, 0.15) is 21.0 Å². The Balaban J connectivity index is 0.000000212. The van der Waals surface area contributed by atoms with Gasteiger partial charge >= 0.3 is 11.9 Å². The van der Waals surface area contributed by atoms with Crippen molar-refractivity contribution in [1.29, 1.82) is 0 Å². The number of carbonyl (C=O) groups is 2. The number of aromatic amines is 2. The van der Waals surface area contributed by atoms with Gasteiger partial charge in [0.1, 0.15) is 0 Å². The van der Waals surface area contributed by atoms with Crippen LogP contribution in [0.3, 0.4) is 0 Å². The molecule has 0 saturated carbocycles. The summed E-state index contributed by atoms with van der Waals surface area (Å²) in [4.78, 5) is 20.4. The number of hydrogen-bond donors (Lipinski definition) is 4. The van der Waals surface area contributed by atoms with Crippen molar-refractivity contribution in [3.8, 4) is 0 Å². The first-order valence-electron chi connectivity index (χ1n) is 3.81. The van der Waals surface area contributed by atoms with Crippen LogP contribution in [0.4, 0.5) is 0 Å². The molecule has 16 heavy (non-hydrogen) atoms. The van der Waals surface area contributed by atoms with Crippen LogP contribution in [0.15, 0.2) is 12.4 Å². The van der Waals surface area contributed by atoms with Crippen LogP contribution in [0.25, 0.3) is 0 Å². The Kier molecular flexibility index (Phi) is 3.66. The number of aromatic carboxylic acids is 2. The molecular weight excluding hydrogens is 220 g/mol. The van der Waals surface area contributed by atoms with E-state index < -0.39 is 23.3 Å². The van der Waals surface area contributed by atoms with Crippen LogP contribution in [0.5, 0.6) is 0 Å². The maximum atomic E-state index is 10.2. The van der Waals surface area contributed by atoms with Gasteiger partial charge in [0.15, 0.2) is 5.69 Å². The van der Waals surface area contributed by atoms with E-state index in [0.717, 1.165) is 0 Å². The summed E-state index contributed by atoms with van der Waals surface area (Å²) in [5.41, 5.74) is -1.10. The fourth-order valence-electron chi connectivity index (χ4n) is 0.693. The molecule has 0 aliphatic rings. The molecule has 0 radical (unpaired) electrons. The standard InChI is InChI=1S/C4H3N3O4.C2H3N3/c8-3(9)1-2(4(10)11)6-7-5-1;1-2-4-5-3-1/h(H,8,9)(H,10,11)(H,5,6,7);1-2H,(H,3,4,5). The van der Waals surface area contributed by atoms with Gasteiger partial charge < -0.3 is 10.2 Å². The van der Waals surface area contributed by atoms with Gasteiger partial charge in [-0.05, 0) is 0 Å². The first-order chi connectivity index (χ1) is 7.63. The molecule has 0 spiro atoms. The third kappa shape index (κ3) is 2.87. The smallest absolute Gasteiger partial charge is 0.359 e. The summed E-state index contributed by atoms with van der Waals surface area (Å²) >= 11 is 0. The summed E-state index contributed by atoms with van der Waals surface area (Å²) in [6, 6.07) is 0. The summed E-state index contributed by atoms with van der Waals surface area (Å²) in [6.07, 6.45) is 3.24. The van der Waals surface area contributed by atoms with Crippen molar-refractivity contribution in [2.45, 2.75) is 0 Å². The highest BCUT2D eigenvalue weighted by atomic mass is 16.4. The van der Waals surface area contributed by atoms with Crippen molar-refractivity contribution >= 4 is 11.9 Å². The van der Waals surface area contributed by atoms with Gasteiger partial charge in [0, 0.05) is 6.20 Å². The highest BCUT2D eigenvalue weighted by Gasteiger charge is 2.19. The van der Waals surface area contributed by atoms with Crippen molar-refractivity contribution in [3.05, 3.63) is 23.8 Å². The van der Waals surface area contributed by atoms with Crippen LogP contribution >= 0.6 is 0 Å². The van der Waals surface area contributed by atoms with E-state index in [1.807, 2.05) is 5.10 Å². The largest absolute Gasteiger partial charge is 0.476 e. The Bertz CT molecular complexity index is 417. The third-order valence-corrected chi connectivity index (χ3v) is 1.30. The molecular formula is C6H6N6O4.